The molecule has 0 atom stereocenters. The molecule has 4 N–H and O–H groups in total. The largest absolute Gasteiger partial charge is 0.506 e. The number of hydrogen-bond acceptors (Lipinski definition) is 5. The number of aromatic hydroxyl groups is 1. The van der Waals surface area contributed by atoms with Crippen LogP contribution in [0.25, 0.3) is 0 Å². The molecule has 0 saturated heterocycles. The van der Waals surface area contributed by atoms with E-state index in [1.54, 1.807) is 0 Å². The summed E-state index contributed by atoms with van der Waals surface area (Å²) < 4.78 is 0. The maximum Gasteiger partial charge on any atom is 0.339 e. The van der Waals surface area contributed by atoms with Gasteiger partial charge in [0.2, 0.25) is 0 Å². The maximum absolute atomic E-state index is 10.8. The summed E-state index contributed by atoms with van der Waals surface area (Å²) in [5.74, 6) is -0.687. The van der Waals surface area contributed by atoms with Gasteiger partial charge in [-0.3, -0.25) is 0 Å². The molecule has 0 spiro atoms. The first kappa shape index (κ1) is 18.3. The number of amidine groups is 1. The standard InChI is InChI=1S/C12H15N3O3S.ClH/c1-2-6-19-12(13)15-14-7-8-4-3-5-9(10(8)16)11(17)18;/h3-5,7,16H,2,6H2,1H3,(H2,13,15)(H,17,18);1H/b14-7+;. The molecule has 0 saturated carbocycles. The van der Waals surface area contributed by atoms with Gasteiger partial charge in [-0.05, 0) is 18.6 Å². The number of carboxylic acid groups (broad SMARTS) is 1. The SMILES string of the molecule is CCCS/C(N)=N\N=C\c1cccc(C(=O)O)c1O.Cl. The Balaban J connectivity index is 0.00000361. The van der Waals surface area contributed by atoms with Crippen molar-refractivity contribution in [2.75, 3.05) is 5.75 Å². The number of nitrogens with zero attached hydrogens (tertiary/aromatic N) is 2. The van der Waals surface area contributed by atoms with Crippen LogP contribution in [-0.2, 0) is 0 Å². The van der Waals surface area contributed by atoms with Crippen molar-refractivity contribution < 1.29 is 15.0 Å². The van der Waals surface area contributed by atoms with Crippen LogP contribution in [0, 0.1) is 0 Å². The summed E-state index contributed by atoms with van der Waals surface area (Å²) in [6.45, 7) is 2.03. The molecule has 0 aliphatic rings. The first-order valence-corrected chi connectivity index (χ1v) is 6.59. The molecule has 0 heterocycles. The summed E-state index contributed by atoms with van der Waals surface area (Å²) in [5.41, 5.74) is 5.68. The predicted molar refractivity (Wildman–Crippen MR) is 84.3 cm³/mol. The molecule has 1 aromatic rings. The van der Waals surface area contributed by atoms with Crippen LogP contribution in [0.15, 0.2) is 28.4 Å². The van der Waals surface area contributed by atoms with Crippen molar-refractivity contribution in [2.45, 2.75) is 13.3 Å². The minimum atomic E-state index is -1.20. The van der Waals surface area contributed by atoms with Crippen molar-refractivity contribution >= 4 is 41.5 Å². The summed E-state index contributed by atoms with van der Waals surface area (Å²) in [7, 11) is 0. The van der Waals surface area contributed by atoms with E-state index in [0.29, 0.717) is 5.17 Å². The number of benzene rings is 1. The lowest BCUT2D eigenvalue weighted by molar-refractivity contribution is 0.0693. The van der Waals surface area contributed by atoms with E-state index in [-0.39, 0.29) is 29.3 Å². The van der Waals surface area contributed by atoms with Gasteiger partial charge in [0.15, 0.2) is 5.17 Å². The van der Waals surface area contributed by atoms with Gasteiger partial charge in [-0.1, -0.05) is 24.8 Å². The Hall–Kier alpha value is -1.73. The lowest BCUT2D eigenvalue weighted by Crippen LogP contribution is -2.06. The van der Waals surface area contributed by atoms with E-state index in [4.69, 9.17) is 10.8 Å². The van der Waals surface area contributed by atoms with Gasteiger partial charge in [0.25, 0.3) is 0 Å². The van der Waals surface area contributed by atoms with Crippen molar-refractivity contribution in [1.29, 1.82) is 0 Å². The monoisotopic (exact) mass is 317 g/mol. The second-order valence-electron chi connectivity index (χ2n) is 3.58. The Kier molecular flexibility index (Phi) is 8.42. The lowest BCUT2D eigenvalue weighted by Gasteiger charge is -2.01. The number of thioether (sulfide) groups is 1. The first-order chi connectivity index (χ1) is 9.06. The lowest BCUT2D eigenvalue weighted by atomic mass is 10.1. The van der Waals surface area contributed by atoms with Gasteiger partial charge in [-0.15, -0.1) is 17.5 Å². The highest BCUT2D eigenvalue weighted by molar-refractivity contribution is 8.13. The molecule has 0 bridgehead atoms. The molecule has 1 rings (SSSR count). The highest BCUT2D eigenvalue weighted by Gasteiger charge is 2.11. The number of para-hydroxylation sites is 1. The number of phenols is 1. The zero-order valence-corrected chi connectivity index (χ0v) is 12.4. The minimum Gasteiger partial charge on any atom is -0.506 e. The Morgan fingerprint density at radius 3 is 2.80 bits per heavy atom. The van der Waals surface area contributed by atoms with Gasteiger partial charge in [0.1, 0.15) is 11.3 Å². The second kappa shape index (κ2) is 9.22. The number of nitrogens with two attached hydrogens (primary N) is 1. The van der Waals surface area contributed by atoms with E-state index in [0.717, 1.165) is 12.2 Å². The highest BCUT2D eigenvalue weighted by Crippen LogP contribution is 2.20. The number of rotatable bonds is 5. The molecule has 20 heavy (non-hydrogen) atoms. The van der Waals surface area contributed by atoms with Crippen LogP contribution in [0.1, 0.15) is 29.3 Å². The van der Waals surface area contributed by atoms with E-state index < -0.39 is 5.97 Å². The number of halogens is 1. The van der Waals surface area contributed by atoms with Crippen molar-refractivity contribution in [3.63, 3.8) is 0 Å². The fourth-order valence-electron chi connectivity index (χ4n) is 1.22. The normalized spacial score (nSPS) is 11.3. The number of aromatic carboxylic acids is 1. The average Bonchev–Trinajstić information content (AvgIpc) is 2.38. The Morgan fingerprint density at radius 1 is 1.50 bits per heavy atom. The van der Waals surface area contributed by atoms with E-state index in [9.17, 15) is 9.90 Å². The molecule has 1 aromatic carbocycles. The summed E-state index contributed by atoms with van der Waals surface area (Å²) in [6, 6.07) is 4.36. The van der Waals surface area contributed by atoms with Crippen LogP contribution in [-0.4, -0.2) is 33.3 Å². The molecule has 0 aliphatic heterocycles. The Labute approximate surface area is 127 Å². The fourth-order valence-corrected chi connectivity index (χ4v) is 1.74. The van der Waals surface area contributed by atoms with Gasteiger partial charge >= 0.3 is 5.97 Å². The second-order valence-corrected chi connectivity index (χ2v) is 4.70. The predicted octanol–water partition coefficient (Wildman–Crippen LogP) is 2.30. The van der Waals surface area contributed by atoms with Crippen LogP contribution < -0.4 is 5.73 Å². The summed E-state index contributed by atoms with van der Waals surface area (Å²) >= 11 is 1.38. The molecule has 8 heteroatoms. The molecule has 0 amide bonds. The number of hydrogen-bond donors (Lipinski definition) is 3. The Bertz CT molecular complexity index is 521. The smallest absolute Gasteiger partial charge is 0.339 e. The van der Waals surface area contributed by atoms with Crippen molar-refractivity contribution in [3.8, 4) is 5.75 Å². The minimum absolute atomic E-state index is 0. The maximum atomic E-state index is 10.8. The van der Waals surface area contributed by atoms with Gasteiger partial charge in [-0.25, -0.2) is 4.79 Å². The molecule has 6 nitrogen and oxygen atoms in total. The van der Waals surface area contributed by atoms with Crippen LogP contribution >= 0.6 is 24.2 Å². The van der Waals surface area contributed by atoms with Crippen LogP contribution in [0.3, 0.4) is 0 Å². The zero-order valence-electron chi connectivity index (χ0n) is 10.8. The molecule has 110 valence electrons. The third-order valence-electron chi connectivity index (χ3n) is 2.10. The van der Waals surface area contributed by atoms with Gasteiger partial charge in [-0.2, -0.15) is 5.10 Å². The van der Waals surface area contributed by atoms with E-state index >= 15 is 0 Å². The summed E-state index contributed by atoms with van der Waals surface area (Å²) in [4.78, 5) is 10.8. The highest BCUT2D eigenvalue weighted by atomic mass is 35.5. The molecule has 0 aromatic heterocycles. The first-order valence-electron chi connectivity index (χ1n) is 5.60. The summed E-state index contributed by atoms with van der Waals surface area (Å²) in [5, 5.41) is 26.3. The molecule has 0 aliphatic carbocycles. The van der Waals surface area contributed by atoms with Crippen molar-refractivity contribution in [2.24, 2.45) is 15.9 Å². The van der Waals surface area contributed by atoms with Crippen molar-refractivity contribution in [3.05, 3.63) is 29.3 Å². The third kappa shape index (κ3) is 5.50. The quantitative estimate of drug-likeness (QED) is 0.438. The van der Waals surface area contributed by atoms with Gasteiger partial charge in [0.05, 0.1) is 6.21 Å². The zero-order chi connectivity index (χ0) is 14.3. The van der Waals surface area contributed by atoms with Crippen molar-refractivity contribution in [1.82, 2.24) is 0 Å². The fraction of sp³-hybridized carbons (Fsp3) is 0.250. The summed E-state index contributed by atoms with van der Waals surface area (Å²) in [6.07, 6.45) is 2.24. The van der Waals surface area contributed by atoms with Crippen LogP contribution in [0.4, 0.5) is 0 Å². The van der Waals surface area contributed by atoms with Gasteiger partial charge < -0.3 is 15.9 Å². The third-order valence-corrected chi connectivity index (χ3v) is 3.09. The van der Waals surface area contributed by atoms with E-state index in [1.165, 1.54) is 36.2 Å². The molecular formula is C12H16ClN3O3S. The van der Waals surface area contributed by atoms with Crippen LogP contribution in [0.5, 0.6) is 5.75 Å². The number of carbonyl (C=O) groups is 1. The van der Waals surface area contributed by atoms with E-state index in [2.05, 4.69) is 10.2 Å². The van der Waals surface area contributed by atoms with E-state index in [1.807, 2.05) is 6.92 Å². The topological polar surface area (TPSA) is 108 Å². The number of carboxylic acids is 1. The molecule has 0 fully saturated rings. The molecule has 0 radical (unpaired) electrons. The molecular weight excluding hydrogens is 302 g/mol. The average molecular weight is 318 g/mol. The van der Waals surface area contributed by atoms with Gasteiger partial charge in [0, 0.05) is 11.3 Å². The molecule has 0 unspecified atom stereocenters. The Morgan fingerprint density at radius 2 is 2.20 bits per heavy atom. The van der Waals surface area contributed by atoms with Crippen LogP contribution in [0.2, 0.25) is 0 Å².